The van der Waals surface area contributed by atoms with Crippen molar-refractivity contribution in [3.63, 3.8) is 0 Å². The van der Waals surface area contributed by atoms with Gasteiger partial charge in [0.05, 0.1) is 22.6 Å². The van der Waals surface area contributed by atoms with Gasteiger partial charge in [-0.1, -0.05) is 121 Å². The van der Waals surface area contributed by atoms with Crippen LogP contribution in [0.1, 0.15) is 0 Å². The minimum Gasteiger partial charge on any atom is -0.455 e. The molecule has 0 saturated carbocycles. The van der Waals surface area contributed by atoms with Crippen molar-refractivity contribution in [2.75, 3.05) is 0 Å². The van der Waals surface area contributed by atoms with Gasteiger partial charge >= 0.3 is 0 Å². The van der Waals surface area contributed by atoms with Crippen molar-refractivity contribution in [2.24, 2.45) is 0 Å². The number of aromatic nitrogens is 3. The van der Waals surface area contributed by atoms with Gasteiger partial charge in [0.25, 0.3) is 0 Å². The minimum absolute atomic E-state index is 0.656. The van der Waals surface area contributed by atoms with E-state index < -0.39 is 0 Å². The second kappa shape index (κ2) is 10.2. The summed E-state index contributed by atoms with van der Waals surface area (Å²) in [5.41, 5.74) is 9.38. The fourth-order valence-electron chi connectivity index (χ4n) is 6.31. The summed E-state index contributed by atoms with van der Waals surface area (Å²) in [6.45, 7) is 0. The van der Waals surface area contributed by atoms with Crippen LogP contribution in [0.4, 0.5) is 0 Å². The summed E-state index contributed by atoms with van der Waals surface area (Å²) >= 11 is 0. The van der Waals surface area contributed by atoms with E-state index in [0.717, 1.165) is 82.9 Å². The maximum absolute atomic E-state index is 6.77. The quantitative estimate of drug-likeness (QED) is 0.196. The van der Waals surface area contributed by atoms with Crippen molar-refractivity contribution in [3.8, 4) is 45.2 Å². The Morgan fingerprint density at radius 2 is 0.978 bits per heavy atom. The summed E-state index contributed by atoms with van der Waals surface area (Å²) in [5.74, 6) is 0.656. The maximum atomic E-state index is 6.77. The number of nitrogens with zero attached hydrogens (tertiary/aromatic N) is 3. The van der Waals surface area contributed by atoms with Gasteiger partial charge in [0.1, 0.15) is 11.2 Å². The van der Waals surface area contributed by atoms with Gasteiger partial charge in [-0.15, -0.1) is 0 Å². The van der Waals surface area contributed by atoms with Crippen LogP contribution in [0.5, 0.6) is 0 Å². The van der Waals surface area contributed by atoms with Crippen LogP contribution in [0.15, 0.2) is 156 Å². The van der Waals surface area contributed by atoms with Gasteiger partial charge < -0.3 is 4.42 Å². The van der Waals surface area contributed by atoms with E-state index in [-0.39, 0.29) is 0 Å². The molecule has 210 valence electrons. The third-order valence-electron chi connectivity index (χ3n) is 8.47. The van der Waals surface area contributed by atoms with E-state index >= 15 is 0 Å². The van der Waals surface area contributed by atoms with Gasteiger partial charge in [-0.3, -0.25) is 0 Å². The number of fused-ring (bicyclic) bond motifs is 7. The highest BCUT2D eigenvalue weighted by molar-refractivity contribution is 6.24. The van der Waals surface area contributed by atoms with E-state index in [1.54, 1.807) is 0 Å². The summed E-state index contributed by atoms with van der Waals surface area (Å²) in [6, 6.07) is 51.9. The number of pyridine rings is 1. The van der Waals surface area contributed by atoms with Gasteiger partial charge in [0, 0.05) is 49.2 Å². The first kappa shape index (κ1) is 25.4. The molecular weight excluding hydrogens is 550 g/mol. The lowest BCUT2D eigenvalue weighted by Crippen LogP contribution is -1.95. The lowest BCUT2D eigenvalue weighted by molar-refractivity contribution is 0.673. The molecule has 3 aromatic heterocycles. The van der Waals surface area contributed by atoms with Crippen molar-refractivity contribution in [2.45, 2.75) is 0 Å². The predicted octanol–water partition coefficient (Wildman–Crippen LogP) is 10.7. The summed E-state index contributed by atoms with van der Waals surface area (Å²) in [5, 5.41) is 5.34. The van der Waals surface area contributed by atoms with E-state index in [4.69, 9.17) is 19.4 Å². The lowest BCUT2D eigenvalue weighted by Gasteiger charge is -2.10. The molecule has 0 N–H and O–H groups in total. The molecule has 0 aliphatic carbocycles. The molecule has 0 fully saturated rings. The van der Waals surface area contributed by atoms with Crippen molar-refractivity contribution in [1.29, 1.82) is 0 Å². The van der Waals surface area contributed by atoms with E-state index in [1.807, 2.05) is 48.5 Å². The number of hydrogen-bond acceptors (Lipinski definition) is 4. The van der Waals surface area contributed by atoms with Crippen LogP contribution >= 0.6 is 0 Å². The first-order chi connectivity index (χ1) is 22.3. The van der Waals surface area contributed by atoms with Crippen molar-refractivity contribution < 1.29 is 4.42 Å². The second-order valence-corrected chi connectivity index (χ2v) is 11.2. The molecule has 0 amide bonds. The Balaban J connectivity index is 1.28. The molecule has 45 heavy (non-hydrogen) atoms. The zero-order chi connectivity index (χ0) is 29.7. The highest BCUT2D eigenvalue weighted by atomic mass is 16.3. The number of furan rings is 1. The fourth-order valence-corrected chi connectivity index (χ4v) is 6.31. The molecule has 4 heteroatoms. The fraction of sp³-hybridized carbons (Fsp3) is 0. The van der Waals surface area contributed by atoms with Gasteiger partial charge in [-0.2, -0.15) is 0 Å². The van der Waals surface area contributed by atoms with Gasteiger partial charge in [-0.25, -0.2) is 15.0 Å². The van der Waals surface area contributed by atoms with Crippen LogP contribution in [-0.2, 0) is 0 Å². The van der Waals surface area contributed by atoms with Gasteiger partial charge in [0.2, 0.25) is 0 Å². The molecule has 3 heterocycles. The number of rotatable bonds is 4. The first-order valence-electron chi connectivity index (χ1n) is 15.0. The summed E-state index contributed by atoms with van der Waals surface area (Å²) < 4.78 is 6.77. The van der Waals surface area contributed by atoms with Crippen LogP contribution in [-0.4, -0.2) is 15.0 Å². The first-order valence-corrected chi connectivity index (χ1v) is 15.0. The van der Waals surface area contributed by atoms with Crippen LogP contribution in [0.3, 0.4) is 0 Å². The Hall–Kier alpha value is -6.13. The van der Waals surface area contributed by atoms with E-state index in [2.05, 4.69) is 103 Å². The zero-order valence-corrected chi connectivity index (χ0v) is 24.2. The SMILES string of the molecule is c1ccc(-c2cc(-c3ccccc3)nc(-c3ccc4c(c3)oc3c4ccc4c(-c5ccccc5)nc5ccccc5c43)n2)cc1. The number of hydrogen-bond donors (Lipinski definition) is 0. The average Bonchev–Trinajstić information content (AvgIpc) is 3.50. The van der Waals surface area contributed by atoms with Crippen LogP contribution in [0.2, 0.25) is 0 Å². The normalized spacial score (nSPS) is 11.6. The molecule has 0 unspecified atom stereocenters. The molecule has 0 radical (unpaired) electrons. The molecule has 9 rings (SSSR count). The topological polar surface area (TPSA) is 51.8 Å². The number of para-hydroxylation sites is 1. The minimum atomic E-state index is 0.656. The van der Waals surface area contributed by atoms with E-state index in [0.29, 0.717) is 5.82 Å². The predicted molar refractivity (Wildman–Crippen MR) is 184 cm³/mol. The Bertz CT molecular complexity index is 2460. The molecule has 0 saturated heterocycles. The van der Waals surface area contributed by atoms with Crippen molar-refractivity contribution in [3.05, 3.63) is 152 Å². The monoisotopic (exact) mass is 575 g/mol. The molecule has 0 bridgehead atoms. The third-order valence-corrected chi connectivity index (χ3v) is 8.47. The Morgan fingerprint density at radius 1 is 0.400 bits per heavy atom. The second-order valence-electron chi connectivity index (χ2n) is 11.2. The summed E-state index contributed by atoms with van der Waals surface area (Å²) in [4.78, 5) is 15.2. The zero-order valence-electron chi connectivity index (χ0n) is 24.2. The average molecular weight is 576 g/mol. The maximum Gasteiger partial charge on any atom is 0.160 e. The number of benzene rings is 6. The molecule has 6 aromatic carbocycles. The van der Waals surface area contributed by atoms with Crippen molar-refractivity contribution in [1.82, 2.24) is 15.0 Å². The highest BCUT2D eigenvalue weighted by Crippen LogP contribution is 2.41. The Kier molecular flexibility index (Phi) is 5.78. The highest BCUT2D eigenvalue weighted by Gasteiger charge is 2.18. The molecule has 9 aromatic rings. The van der Waals surface area contributed by atoms with E-state index in [1.165, 1.54) is 0 Å². The standard InChI is InChI=1S/C41H25N3O/c1-4-12-26(13-5-1)35-25-36(27-14-6-2-7-15-27)44-41(43-35)29-20-21-30-31-22-23-33-38(40(31)45-37(30)24-29)32-18-10-11-19-34(32)42-39(33)28-16-8-3-9-17-28/h1-25H. The largest absolute Gasteiger partial charge is 0.455 e. The molecule has 0 atom stereocenters. The smallest absolute Gasteiger partial charge is 0.160 e. The van der Waals surface area contributed by atoms with Crippen LogP contribution in [0.25, 0.3) is 88.8 Å². The lowest BCUT2D eigenvalue weighted by atomic mass is 9.98. The van der Waals surface area contributed by atoms with Crippen molar-refractivity contribution >= 4 is 43.6 Å². The summed E-state index contributed by atoms with van der Waals surface area (Å²) in [7, 11) is 0. The molecule has 4 nitrogen and oxygen atoms in total. The van der Waals surface area contributed by atoms with E-state index in [9.17, 15) is 0 Å². The molecule has 0 aliphatic heterocycles. The van der Waals surface area contributed by atoms with Gasteiger partial charge in [0.15, 0.2) is 5.82 Å². The summed E-state index contributed by atoms with van der Waals surface area (Å²) in [6.07, 6.45) is 0. The third kappa shape index (κ3) is 4.27. The van der Waals surface area contributed by atoms with Gasteiger partial charge in [-0.05, 0) is 30.3 Å². The molecule has 0 aliphatic rings. The Labute approximate surface area is 259 Å². The molecular formula is C41H25N3O. The molecule has 0 spiro atoms. The Morgan fingerprint density at radius 3 is 1.67 bits per heavy atom. The van der Waals surface area contributed by atoms with Crippen LogP contribution in [0, 0.1) is 0 Å². The van der Waals surface area contributed by atoms with Crippen LogP contribution < -0.4 is 0 Å².